The quantitative estimate of drug-likeness (QED) is 0.699. The average molecular weight is 394 g/mol. The lowest BCUT2D eigenvalue weighted by Gasteiger charge is -2.40. The highest BCUT2D eigenvalue weighted by atomic mass is 16.5. The van der Waals surface area contributed by atoms with Crippen molar-refractivity contribution < 1.29 is 23.8 Å². The summed E-state index contributed by atoms with van der Waals surface area (Å²) in [5.41, 5.74) is 1.45. The van der Waals surface area contributed by atoms with Crippen LogP contribution in [-0.2, 0) is 14.3 Å². The number of amides is 1. The highest BCUT2D eigenvalue weighted by molar-refractivity contribution is 5.97. The minimum atomic E-state index is -0.587. The predicted molar refractivity (Wildman–Crippen MR) is 106 cm³/mol. The molecule has 29 heavy (non-hydrogen) atoms. The number of hydrogen-bond donors (Lipinski definition) is 0. The van der Waals surface area contributed by atoms with Gasteiger partial charge in [-0.15, -0.1) is 0 Å². The molecule has 0 aliphatic carbocycles. The van der Waals surface area contributed by atoms with Gasteiger partial charge < -0.3 is 19.1 Å². The summed E-state index contributed by atoms with van der Waals surface area (Å²) in [5.74, 6) is 0.190. The van der Waals surface area contributed by atoms with Crippen molar-refractivity contribution in [2.75, 3.05) is 25.7 Å². The first-order valence-electron chi connectivity index (χ1n) is 9.22. The van der Waals surface area contributed by atoms with Crippen molar-refractivity contribution in [3.05, 3.63) is 54.1 Å². The van der Waals surface area contributed by atoms with Gasteiger partial charge in [0.05, 0.1) is 26.2 Å². The van der Waals surface area contributed by atoms with Crippen molar-refractivity contribution in [1.82, 2.24) is 0 Å². The maximum Gasteiger partial charge on any atom is 0.312 e. The predicted octanol–water partition coefficient (Wildman–Crippen LogP) is 3.25. The monoisotopic (exact) mass is 394 g/mol. The highest BCUT2D eigenvalue weighted by Gasteiger charge is 2.42. The molecule has 1 aliphatic heterocycles. The number of methoxy groups -OCH3 is 2. The lowest BCUT2D eigenvalue weighted by molar-refractivity contribution is -0.149. The van der Waals surface area contributed by atoms with E-state index in [1.54, 1.807) is 55.5 Å². The maximum atomic E-state index is 12.9. The molecule has 7 nitrogen and oxygen atoms in total. The van der Waals surface area contributed by atoms with Crippen molar-refractivity contribution in [3.63, 3.8) is 0 Å². The summed E-state index contributed by atoms with van der Waals surface area (Å²) in [5, 5.41) is 8.76. The number of carbonyl (C=O) groups is 2. The van der Waals surface area contributed by atoms with E-state index in [0.29, 0.717) is 23.6 Å². The Hall–Kier alpha value is -3.53. The summed E-state index contributed by atoms with van der Waals surface area (Å²) in [4.78, 5) is 27.2. The summed E-state index contributed by atoms with van der Waals surface area (Å²) >= 11 is 0. The van der Waals surface area contributed by atoms with Crippen LogP contribution in [0.25, 0.3) is 0 Å². The number of nitrogens with zero attached hydrogens (tertiary/aromatic N) is 2. The Morgan fingerprint density at radius 2 is 1.66 bits per heavy atom. The van der Waals surface area contributed by atoms with Crippen LogP contribution in [0.3, 0.4) is 0 Å². The summed E-state index contributed by atoms with van der Waals surface area (Å²) in [7, 11) is 3.15. The van der Waals surface area contributed by atoms with E-state index in [0.717, 1.165) is 5.56 Å². The van der Waals surface area contributed by atoms with Gasteiger partial charge in [0, 0.05) is 12.1 Å². The van der Waals surface area contributed by atoms with E-state index >= 15 is 0 Å². The van der Waals surface area contributed by atoms with Crippen LogP contribution in [0.4, 0.5) is 5.69 Å². The number of hydrogen-bond acceptors (Lipinski definition) is 6. The molecule has 0 radical (unpaired) electrons. The maximum absolute atomic E-state index is 12.9. The standard InChI is InChI=1S/C22H22N2O5/c1-27-17-7-3-15(4-8-17)21-19(22(26)29-14-13-23)11-12-20(25)24(21)16-5-9-18(28-2)10-6-16/h3-10,19,21H,11-12,14H2,1-2H3/t19-,21-/m1/s1. The third kappa shape index (κ3) is 4.32. The van der Waals surface area contributed by atoms with E-state index in [4.69, 9.17) is 19.5 Å². The van der Waals surface area contributed by atoms with Gasteiger partial charge in [-0.1, -0.05) is 12.1 Å². The first-order chi connectivity index (χ1) is 14.1. The third-order valence-electron chi connectivity index (χ3n) is 4.99. The van der Waals surface area contributed by atoms with E-state index in [9.17, 15) is 9.59 Å². The van der Waals surface area contributed by atoms with Crippen LogP contribution in [0.5, 0.6) is 11.5 Å². The lowest BCUT2D eigenvalue weighted by Crippen LogP contribution is -2.46. The van der Waals surface area contributed by atoms with Crippen LogP contribution in [0.15, 0.2) is 48.5 Å². The molecule has 1 fully saturated rings. The fraction of sp³-hybridized carbons (Fsp3) is 0.318. The topological polar surface area (TPSA) is 88.9 Å². The summed E-state index contributed by atoms with van der Waals surface area (Å²) < 4.78 is 15.5. The zero-order valence-corrected chi connectivity index (χ0v) is 16.3. The molecule has 1 saturated heterocycles. The molecular weight excluding hydrogens is 372 g/mol. The number of benzene rings is 2. The van der Waals surface area contributed by atoms with E-state index < -0.39 is 17.9 Å². The number of esters is 1. The lowest BCUT2D eigenvalue weighted by atomic mass is 9.83. The van der Waals surface area contributed by atoms with E-state index in [-0.39, 0.29) is 18.9 Å². The Kier molecular flexibility index (Phi) is 6.35. The van der Waals surface area contributed by atoms with Gasteiger partial charge in [0.15, 0.2) is 6.61 Å². The molecule has 7 heteroatoms. The molecule has 0 N–H and O–H groups in total. The number of piperidine rings is 1. The fourth-order valence-corrected chi connectivity index (χ4v) is 3.58. The van der Waals surface area contributed by atoms with E-state index in [2.05, 4.69) is 0 Å². The van der Waals surface area contributed by atoms with Crippen LogP contribution in [-0.4, -0.2) is 32.7 Å². The molecule has 0 aromatic heterocycles. The molecular formula is C22H22N2O5. The molecule has 1 aliphatic rings. The van der Waals surface area contributed by atoms with Gasteiger partial charge in [0.1, 0.15) is 17.6 Å². The molecule has 150 valence electrons. The zero-order valence-electron chi connectivity index (χ0n) is 16.3. The molecule has 0 bridgehead atoms. The molecule has 0 saturated carbocycles. The molecule has 0 spiro atoms. The molecule has 2 aromatic rings. The Balaban J connectivity index is 2.04. The van der Waals surface area contributed by atoms with Crippen molar-refractivity contribution in [1.29, 1.82) is 5.26 Å². The van der Waals surface area contributed by atoms with Crippen LogP contribution in [0.1, 0.15) is 24.4 Å². The molecule has 0 unspecified atom stereocenters. The minimum Gasteiger partial charge on any atom is -0.497 e. The van der Waals surface area contributed by atoms with Crippen LogP contribution in [0, 0.1) is 17.2 Å². The van der Waals surface area contributed by atoms with Crippen molar-refractivity contribution in [3.8, 4) is 17.6 Å². The fourth-order valence-electron chi connectivity index (χ4n) is 3.58. The summed E-state index contributed by atoms with van der Waals surface area (Å²) in [6, 6.07) is 15.6. The molecule has 2 aromatic carbocycles. The number of anilines is 1. The number of ether oxygens (including phenoxy) is 3. The van der Waals surface area contributed by atoms with Gasteiger partial charge in [-0.05, 0) is 48.4 Å². The SMILES string of the molecule is COc1ccc([C@@H]2[C@H](C(=O)OCC#N)CCC(=O)N2c2ccc(OC)cc2)cc1. The number of carbonyl (C=O) groups excluding carboxylic acids is 2. The van der Waals surface area contributed by atoms with Gasteiger partial charge in [-0.25, -0.2) is 0 Å². The van der Waals surface area contributed by atoms with Crippen LogP contribution in [0.2, 0.25) is 0 Å². The minimum absolute atomic E-state index is 0.0830. The largest absolute Gasteiger partial charge is 0.497 e. The van der Waals surface area contributed by atoms with Crippen LogP contribution < -0.4 is 14.4 Å². The van der Waals surface area contributed by atoms with Crippen molar-refractivity contribution >= 4 is 17.6 Å². The normalized spacial score (nSPS) is 18.7. The molecule has 2 atom stereocenters. The number of nitriles is 1. The van der Waals surface area contributed by atoms with E-state index in [1.807, 2.05) is 18.2 Å². The summed E-state index contributed by atoms with van der Waals surface area (Å²) in [6.45, 7) is -0.318. The van der Waals surface area contributed by atoms with Gasteiger partial charge in [0.25, 0.3) is 0 Å². The Morgan fingerprint density at radius 1 is 1.07 bits per heavy atom. The highest BCUT2D eigenvalue weighted by Crippen LogP contribution is 2.41. The first kappa shape index (κ1) is 20.2. The smallest absolute Gasteiger partial charge is 0.312 e. The average Bonchev–Trinajstić information content (AvgIpc) is 2.77. The number of rotatable bonds is 6. The van der Waals surface area contributed by atoms with Gasteiger partial charge in [0.2, 0.25) is 5.91 Å². The van der Waals surface area contributed by atoms with E-state index in [1.165, 1.54) is 0 Å². The van der Waals surface area contributed by atoms with Crippen molar-refractivity contribution in [2.24, 2.45) is 5.92 Å². The first-order valence-corrected chi connectivity index (χ1v) is 9.22. The Morgan fingerprint density at radius 3 is 2.21 bits per heavy atom. The Bertz CT molecular complexity index is 902. The van der Waals surface area contributed by atoms with Gasteiger partial charge in [-0.2, -0.15) is 5.26 Å². The second-order valence-corrected chi connectivity index (χ2v) is 6.59. The third-order valence-corrected chi connectivity index (χ3v) is 4.99. The van der Waals surface area contributed by atoms with Crippen molar-refractivity contribution in [2.45, 2.75) is 18.9 Å². The van der Waals surface area contributed by atoms with Gasteiger partial charge in [-0.3, -0.25) is 9.59 Å². The summed E-state index contributed by atoms with van der Waals surface area (Å²) in [6.07, 6.45) is 0.567. The Labute approximate surface area is 169 Å². The van der Waals surface area contributed by atoms with Crippen LogP contribution >= 0.6 is 0 Å². The molecule has 3 rings (SSSR count). The molecule has 1 amide bonds. The second kappa shape index (κ2) is 9.11. The zero-order chi connectivity index (χ0) is 20.8. The van der Waals surface area contributed by atoms with Gasteiger partial charge >= 0.3 is 5.97 Å². The second-order valence-electron chi connectivity index (χ2n) is 6.59. The molecule has 1 heterocycles.